The Morgan fingerprint density at radius 1 is 1.50 bits per heavy atom. The van der Waals surface area contributed by atoms with E-state index in [9.17, 15) is 0 Å². The van der Waals surface area contributed by atoms with Crippen molar-refractivity contribution in [3.63, 3.8) is 0 Å². The third-order valence-electron chi connectivity index (χ3n) is 1.70. The van der Waals surface area contributed by atoms with Crippen LogP contribution in [0.15, 0.2) is 16.8 Å². The zero-order valence-electron chi connectivity index (χ0n) is 8.63. The maximum atomic E-state index is 4.16. The van der Waals surface area contributed by atoms with Gasteiger partial charge in [0, 0.05) is 20.1 Å². The lowest BCUT2D eigenvalue weighted by Crippen LogP contribution is -2.24. The summed E-state index contributed by atoms with van der Waals surface area (Å²) in [5.41, 5.74) is 1.20. The summed E-state index contributed by atoms with van der Waals surface area (Å²) < 4.78 is 0. The van der Waals surface area contributed by atoms with Gasteiger partial charge in [0.2, 0.25) is 0 Å². The molecule has 0 rings (SSSR count). The summed E-state index contributed by atoms with van der Waals surface area (Å²) in [5, 5.41) is 9.11. The highest BCUT2D eigenvalue weighted by atomic mass is 15.4. The molecule has 0 unspecified atom stereocenters. The molecule has 0 radical (unpaired) electrons. The van der Waals surface area contributed by atoms with E-state index in [2.05, 4.69) is 23.4 Å². The number of rotatable bonds is 4. The highest BCUT2D eigenvalue weighted by molar-refractivity contribution is 5.79. The molecule has 3 heteroatoms. The number of allylic oxidation sites excluding steroid dienone is 1. The van der Waals surface area contributed by atoms with Gasteiger partial charge < -0.3 is 10.3 Å². The maximum absolute atomic E-state index is 4.16. The first-order valence-electron chi connectivity index (χ1n) is 4.16. The maximum Gasteiger partial charge on any atom is 0.0514 e. The molecule has 3 nitrogen and oxygen atoms in total. The molecule has 0 aromatic carbocycles. The van der Waals surface area contributed by atoms with Crippen molar-refractivity contribution < 1.29 is 0 Å². The first kappa shape index (κ1) is 11.2. The van der Waals surface area contributed by atoms with E-state index in [0.717, 1.165) is 0 Å². The van der Waals surface area contributed by atoms with Gasteiger partial charge in [-0.05, 0) is 26.5 Å². The smallest absolute Gasteiger partial charge is 0.0514 e. The van der Waals surface area contributed by atoms with E-state index in [1.807, 2.05) is 34.3 Å². The van der Waals surface area contributed by atoms with Crippen LogP contribution in [-0.2, 0) is 0 Å². The van der Waals surface area contributed by atoms with Crippen LogP contribution < -0.4 is 5.32 Å². The van der Waals surface area contributed by atoms with Crippen molar-refractivity contribution >= 4 is 6.21 Å². The molecule has 0 fully saturated rings. The van der Waals surface area contributed by atoms with Crippen molar-refractivity contribution in [2.75, 3.05) is 21.1 Å². The van der Waals surface area contributed by atoms with Crippen molar-refractivity contribution in [1.82, 2.24) is 10.3 Å². The summed E-state index contributed by atoms with van der Waals surface area (Å²) in [6, 6.07) is 0.360. The summed E-state index contributed by atoms with van der Waals surface area (Å²) in [5.74, 6) is 0. The molecule has 0 saturated heterocycles. The topological polar surface area (TPSA) is 27.6 Å². The first-order chi connectivity index (χ1) is 5.61. The molecule has 0 aliphatic carbocycles. The Bertz CT molecular complexity index is 171. The summed E-state index contributed by atoms with van der Waals surface area (Å²) in [4.78, 5) is 0. The first-order valence-corrected chi connectivity index (χ1v) is 4.16. The summed E-state index contributed by atoms with van der Waals surface area (Å²) in [7, 11) is 5.76. The Labute approximate surface area is 75.1 Å². The van der Waals surface area contributed by atoms with E-state index in [1.54, 1.807) is 5.01 Å². The average Bonchev–Trinajstić information content (AvgIpc) is 2.04. The van der Waals surface area contributed by atoms with Crippen molar-refractivity contribution in [2.45, 2.75) is 19.9 Å². The minimum absolute atomic E-state index is 0.360. The molecule has 70 valence electrons. The fourth-order valence-electron chi connectivity index (χ4n) is 0.785. The van der Waals surface area contributed by atoms with Crippen LogP contribution >= 0.6 is 0 Å². The second-order valence-electron chi connectivity index (χ2n) is 2.89. The van der Waals surface area contributed by atoms with Gasteiger partial charge in [0.1, 0.15) is 0 Å². The molecule has 0 bridgehead atoms. The Balaban J connectivity index is 4.19. The van der Waals surface area contributed by atoms with Gasteiger partial charge in [0.25, 0.3) is 0 Å². The molecule has 0 saturated carbocycles. The lowest BCUT2D eigenvalue weighted by molar-refractivity contribution is 0.440. The van der Waals surface area contributed by atoms with Crippen molar-refractivity contribution in [2.24, 2.45) is 5.10 Å². The normalized spacial score (nSPS) is 15.2. The Morgan fingerprint density at radius 3 is 2.42 bits per heavy atom. The van der Waals surface area contributed by atoms with E-state index in [-0.39, 0.29) is 0 Å². The Hall–Kier alpha value is -0.830. The van der Waals surface area contributed by atoms with Gasteiger partial charge in [-0.25, -0.2) is 0 Å². The van der Waals surface area contributed by atoms with Crippen LogP contribution in [0.5, 0.6) is 0 Å². The predicted molar refractivity (Wildman–Crippen MR) is 54.5 cm³/mol. The van der Waals surface area contributed by atoms with Crippen LogP contribution in [0.2, 0.25) is 0 Å². The monoisotopic (exact) mass is 169 g/mol. The molecule has 1 atom stereocenters. The summed E-state index contributed by atoms with van der Waals surface area (Å²) in [6.45, 7) is 4.13. The molecule has 0 spiro atoms. The molecule has 0 aliphatic rings. The van der Waals surface area contributed by atoms with E-state index in [4.69, 9.17) is 0 Å². The minimum atomic E-state index is 0.360. The van der Waals surface area contributed by atoms with Gasteiger partial charge in [-0.2, -0.15) is 5.10 Å². The lowest BCUT2D eigenvalue weighted by atomic mass is 10.1. The number of hydrazone groups is 1. The SMILES string of the molecule is C/C=C(/C=N\N(C)C)[C@@H](C)NC. The third-order valence-corrected chi connectivity index (χ3v) is 1.70. The predicted octanol–water partition coefficient (Wildman–Crippen LogP) is 1.09. The molecule has 1 N–H and O–H groups in total. The quantitative estimate of drug-likeness (QED) is 0.504. The number of likely N-dealkylation sites (N-methyl/N-ethyl adjacent to an activating group) is 1. The van der Waals surface area contributed by atoms with Crippen molar-refractivity contribution in [1.29, 1.82) is 0 Å². The molecular weight excluding hydrogens is 150 g/mol. The summed E-state index contributed by atoms with van der Waals surface area (Å²) in [6.07, 6.45) is 3.94. The van der Waals surface area contributed by atoms with Gasteiger partial charge in [-0.3, -0.25) is 0 Å². The molecular formula is C9H19N3. The molecule has 0 amide bonds. The molecule has 0 heterocycles. The number of hydrogen-bond donors (Lipinski definition) is 1. The van der Waals surface area contributed by atoms with Gasteiger partial charge in [-0.15, -0.1) is 0 Å². The van der Waals surface area contributed by atoms with E-state index in [0.29, 0.717) is 6.04 Å². The highest BCUT2D eigenvalue weighted by Crippen LogP contribution is 1.97. The van der Waals surface area contributed by atoms with E-state index < -0.39 is 0 Å². The van der Waals surface area contributed by atoms with Crippen molar-refractivity contribution in [3.05, 3.63) is 11.6 Å². The molecule has 0 aromatic rings. The van der Waals surface area contributed by atoms with Crippen LogP contribution in [0.25, 0.3) is 0 Å². The zero-order chi connectivity index (χ0) is 9.56. The Kier molecular flexibility index (Phi) is 5.37. The Morgan fingerprint density at radius 2 is 2.08 bits per heavy atom. The standard InChI is InChI=1S/C9H19N3/c1-6-9(8(2)10-3)7-11-12(4)5/h6-8,10H,1-5H3/b9-6-,11-7-/t8-/m1/s1. The average molecular weight is 169 g/mol. The van der Waals surface area contributed by atoms with Gasteiger partial charge in [0.15, 0.2) is 0 Å². The second-order valence-corrected chi connectivity index (χ2v) is 2.89. The van der Waals surface area contributed by atoms with Gasteiger partial charge in [-0.1, -0.05) is 6.08 Å². The van der Waals surface area contributed by atoms with Gasteiger partial charge in [0.05, 0.1) is 6.21 Å². The number of nitrogens with one attached hydrogen (secondary N) is 1. The van der Waals surface area contributed by atoms with Crippen LogP contribution in [-0.4, -0.2) is 38.4 Å². The fourth-order valence-corrected chi connectivity index (χ4v) is 0.785. The zero-order valence-corrected chi connectivity index (χ0v) is 8.63. The summed E-state index contributed by atoms with van der Waals surface area (Å²) >= 11 is 0. The highest BCUT2D eigenvalue weighted by Gasteiger charge is 2.01. The lowest BCUT2D eigenvalue weighted by Gasteiger charge is -2.11. The van der Waals surface area contributed by atoms with E-state index in [1.165, 1.54) is 5.57 Å². The molecule has 0 aliphatic heterocycles. The van der Waals surface area contributed by atoms with Crippen LogP contribution in [0.1, 0.15) is 13.8 Å². The fraction of sp³-hybridized carbons (Fsp3) is 0.667. The van der Waals surface area contributed by atoms with Crippen molar-refractivity contribution in [3.8, 4) is 0 Å². The minimum Gasteiger partial charge on any atom is -0.313 e. The molecule has 0 aromatic heterocycles. The number of hydrogen-bond acceptors (Lipinski definition) is 3. The van der Waals surface area contributed by atoms with E-state index >= 15 is 0 Å². The van der Waals surface area contributed by atoms with Crippen LogP contribution in [0, 0.1) is 0 Å². The van der Waals surface area contributed by atoms with Crippen LogP contribution in [0.3, 0.4) is 0 Å². The molecule has 12 heavy (non-hydrogen) atoms. The third kappa shape index (κ3) is 4.13. The largest absolute Gasteiger partial charge is 0.313 e. The van der Waals surface area contributed by atoms with Crippen LogP contribution in [0.4, 0.5) is 0 Å². The number of nitrogens with zero attached hydrogens (tertiary/aromatic N) is 2. The second kappa shape index (κ2) is 5.77. The van der Waals surface area contributed by atoms with Gasteiger partial charge >= 0.3 is 0 Å².